The van der Waals surface area contributed by atoms with Crippen LogP contribution in [0.4, 0.5) is 5.69 Å². The van der Waals surface area contributed by atoms with Crippen molar-refractivity contribution in [3.05, 3.63) is 71.8 Å². The van der Waals surface area contributed by atoms with Crippen LogP contribution in [0.5, 0.6) is 0 Å². The SMILES string of the molecule is CC=Cc1ccc(CN2CCN(c3ccccc3)CC2)cc1. The van der Waals surface area contributed by atoms with Crippen LogP contribution in [0.2, 0.25) is 0 Å². The lowest BCUT2D eigenvalue weighted by molar-refractivity contribution is 0.250. The number of piperazine rings is 1. The minimum absolute atomic E-state index is 1.05. The molecule has 1 aliphatic rings. The van der Waals surface area contributed by atoms with Crippen LogP contribution in [0, 0.1) is 0 Å². The Labute approximate surface area is 133 Å². The average Bonchev–Trinajstić information content (AvgIpc) is 2.58. The van der Waals surface area contributed by atoms with E-state index >= 15 is 0 Å². The van der Waals surface area contributed by atoms with Gasteiger partial charge in [0.15, 0.2) is 0 Å². The molecule has 22 heavy (non-hydrogen) atoms. The molecule has 1 heterocycles. The van der Waals surface area contributed by atoms with Crippen LogP contribution in [0.1, 0.15) is 18.1 Å². The number of benzene rings is 2. The number of anilines is 1. The highest BCUT2D eigenvalue weighted by atomic mass is 15.3. The van der Waals surface area contributed by atoms with E-state index in [-0.39, 0.29) is 0 Å². The van der Waals surface area contributed by atoms with Crippen molar-refractivity contribution in [1.29, 1.82) is 0 Å². The molecular formula is C20H24N2. The first-order valence-electron chi connectivity index (χ1n) is 8.09. The van der Waals surface area contributed by atoms with Gasteiger partial charge in [-0.1, -0.05) is 54.6 Å². The Morgan fingerprint density at radius 3 is 2.18 bits per heavy atom. The van der Waals surface area contributed by atoms with Crippen LogP contribution in [-0.4, -0.2) is 31.1 Å². The molecule has 0 radical (unpaired) electrons. The van der Waals surface area contributed by atoms with Gasteiger partial charge in [-0.15, -0.1) is 0 Å². The van der Waals surface area contributed by atoms with Gasteiger partial charge in [0.1, 0.15) is 0 Å². The Morgan fingerprint density at radius 1 is 0.864 bits per heavy atom. The first-order chi connectivity index (χ1) is 10.8. The molecule has 0 N–H and O–H groups in total. The Balaban J connectivity index is 1.53. The highest BCUT2D eigenvalue weighted by Gasteiger charge is 2.16. The predicted molar refractivity (Wildman–Crippen MR) is 95.1 cm³/mol. The van der Waals surface area contributed by atoms with Gasteiger partial charge in [0.05, 0.1) is 0 Å². The maximum Gasteiger partial charge on any atom is 0.0367 e. The monoisotopic (exact) mass is 292 g/mol. The lowest BCUT2D eigenvalue weighted by atomic mass is 10.1. The highest BCUT2D eigenvalue weighted by Crippen LogP contribution is 2.17. The van der Waals surface area contributed by atoms with Crippen molar-refractivity contribution in [2.75, 3.05) is 31.1 Å². The number of hydrogen-bond acceptors (Lipinski definition) is 2. The van der Waals surface area contributed by atoms with E-state index in [9.17, 15) is 0 Å². The van der Waals surface area contributed by atoms with Crippen molar-refractivity contribution in [2.24, 2.45) is 0 Å². The summed E-state index contributed by atoms with van der Waals surface area (Å²) in [6.45, 7) is 7.59. The molecule has 2 aromatic rings. The third-order valence-electron chi connectivity index (χ3n) is 4.24. The van der Waals surface area contributed by atoms with E-state index in [4.69, 9.17) is 0 Å². The van der Waals surface area contributed by atoms with E-state index in [0.29, 0.717) is 0 Å². The third kappa shape index (κ3) is 3.77. The van der Waals surface area contributed by atoms with Gasteiger partial charge in [0, 0.05) is 38.4 Å². The van der Waals surface area contributed by atoms with Gasteiger partial charge in [-0.05, 0) is 30.2 Å². The maximum atomic E-state index is 2.55. The summed E-state index contributed by atoms with van der Waals surface area (Å²) in [6, 6.07) is 19.6. The zero-order valence-electron chi connectivity index (χ0n) is 13.3. The van der Waals surface area contributed by atoms with Crippen LogP contribution in [-0.2, 0) is 6.54 Å². The Hall–Kier alpha value is -2.06. The molecule has 1 fully saturated rings. The molecular weight excluding hydrogens is 268 g/mol. The maximum absolute atomic E-state index is 2.55. The second-order valence-corrected chi connectivity index (χ2v) is 5.84. The molecule has 114 valence electrons. The van der Waals surface area contributed by atoms with E-state index < -0.39 is 0 Å². The molecule has 0 atom stereocenters. The van der Waals surface area contributed by atoms with Gasteiger partial charge < -0.3 is 4.90 Å². The minimum atomic E-state index is 1.05. The Bertz CT molecular complexity index is 593. The van der Waals surface area contributed by atoms with E-state index in [0.717, 1.165) is 32.7 Å². The molecule has 0 amide bonds. The Kier molecular flexibility index (Phi) is 4.92. The van der Waals surface area contributed by atoms with Gasteiger partial charge in [0.25, 0.3) is 0 Å². The van der Waals surface area contributed by atoms with Gasteiger partial charge in [-0.2, -0.15) is 0 Å². The molecule has 1 saturated heterocycles. The van der Waals surface area contributed by atoms with Gasteiger partial charge in [-0.3, -0.25) is 4.90 Å². The van der Waals surface area contributed by atoms with Crippen molar-refractivity contribution in [1.82, 2.24) is 4.90 Å². The van der Waals surface area contributed by atoms with E-state index in [1.165, 1.54) is 16.8 Å². The topological polar surface area (TPSA) is 6.48 Å². The van der Waals surface area contributed by atoms with Gasteiger partial charge in [0.2, 0.25) is 0 Å². The molecule has 0 saturated carbocycles. The lowest BCUT2D eigenvalue weighted by Crippen LogP contribution is -2.45. The summed E-state index contributed by atoms with van der Waals surface area (Å²) in [5.74, 6) is 0. The zero-order chi connectivity index (χ0) is 15.2. The minimum Gasteiger partial charge on any atom is -0.369 e. The quantitative estimate of drug-likeness (QED) is 0.839. The molecule has 0 aromatic heterocycles. The van der Waals surface area contributed by atoms with Crippen LogP contribution in [0.15, 0.2) is 60.7 Å². The number of rotatable bonds is 4. The molecule has 2 nitrogen and oxygen atoms in total. The summed E-state index contributed by atoms with van der Waals surface area (Å²) in [6.07, 6.45) is 4.22. The van der Waals surface area contributed by atoms with Crippen LogP contribution < -0.4 is 4.90 Å². The van der Waals surface area contributed by atoms with Crippen molar-refractivity contribution in [3.63, 3.8) is 0 Å². The van der Waals surface area contributed by atoms with Crippen LogP contribution in [0.3, 0.4) is 0 Å². The molecule has 0 bridgehead atoms. The van der Waals surface area contributed by atoms with Crippen molar-refractivity contribution < 1.29 is 0 Å². The molecule has 0 unspecified atom stereocenters. The molecule has 3 rings (SSSR count). The van der Waals surface area contributed by atoms with Crippen LogP contribution in [0.25, 0.3) is 6.08 Å². The second kappa shape index (κ2) is 7.28. The fourth-order valence-corrected chi connectivity index (χ4v) is 2.99. The number of para-hydroxylation sites is 1. The molecule has 1 aliphatic heterocycles. The van der Waals surface area contributed by atoms with Gasteiger partial charge >= 0.3 is 0 Å². The summed E-state index contributed by atoms with van der Waals surface area (Å²) in [5, 5.41) is 0. The Morgan fingerprint density at radius 2 is 1.55 bits per heavy atom. The summed E-state index contributed by atoms with van der Waals surface area (Å²) in [4.78, 5) is 5.02. The van der Waals surface area contributed by atoms with E-state index in [2.05, 4.69) is 83.5 Å². The van der Waals surface area contributed by atoms with Gasteiger partial charge in [-0.25, -0.2) is 0 Å². The normalized spacial score (nSPS) is 16.3. The molecule has 0 aliphatic carbocycles. The zero-order valence-corrected chi connectivity index (χ0v) is 13.3. The first-order valence-corrected chi connectivity index (χ1v) is 8.09. The standard InChI is InChI=1S/C20H24N2/c1-2-6-18-9-11-19(12-10-18)17-21-13-15-22(16-14-21)20-7-4-3-5-8-20/h2-12H,13-17H2,1H3. The fraction of sp³-hybridized carbons (Fsp3) is 0.300. The molecule has 2 aromatic carbocycles. The smallest absolute Gasteiger partial charge is 0.0367 e. The van der Waals surface area contributed by atoms with E-state index in [1.807, 2.05) is 0 Å². The number of allylic oxidation sites excluding steroid dienone is 1. The largest absolute Gasteiger partial charge is 0.369 e. The number of nitrogens with zero attached hydrogens (tertiary/aromatic N) is 2. The van der Waals surface area contributed by atoms with Crippen LogP contribution >= 0.6 is 0 Å². The summed E-state index contributed by atoms with van der Waals surface area (Å²) in [7, 11) is 0. The summed E-state index contributed by atoms with van der Waals surface area (Å²) >= 11 is 0. The second-order valence-electron chi connectivity index (χ2n) is 5.84. The van der Waals surface area contributed by atoms with Crippen molar-refractivity contribution >= 4 is 11.8 Å². The summed E-state index contributed by atoms with van der Waals surface area (Å²) < 4.78 is 0. The third-order valence-corrected chi connectivity index (χ3v) is 4.24. The molecule has 2 heteroatoms. The number of hydrogen-bond donors (Lipinski definition) is 0. The fourth-order valence-electron chi connectivity index (χ4n) is 2.99. The van der Waals surface area contributed by atoms with Crippen molar-refractivity contribution in [2.45, 2.75) is 13.5 Å². The lowest BCUT2D eigenvalue weighted by Gasteiger charge is -2.36. The highest BCUT2D eigenvalue weighted by molar-refractivity contribution is 5.49. The van der Waals surface area contributed by atoms with Crippen molar-refractivity contribution in [3.8, 4) is 0 Å². The summed E-state index contributed by atoms with van der Waals surface area (Å²) in [5.41, 5.74) is 4.03. The molecule has 0 spiro atoms. The van der Waals surface area contributed by atoms with E-state index in [1.54, 1.807) is 0 Å². The first kappa shape index (κ1) is 14.9. The average molecular weight is 292 g/mol. The predicted octanol–water partition coefficient (Wildman–Crippen LogP) is 4.04.